The van der Waals surface area contributed by atoms with Crippen molar-refractivity contribution in [3.05, 3.63) is 77.1 Å². The van der Waals surface area contributed by atoms with E-state index in [0.717, 1.165) is 17.7 Å². The molecule has 12 heteroatoms. The van der Waals surface area contributed by atoms with Gasteiger partial charge in [-0.3, -0.25) is 0 Å². The molecule has 0 fully saturated rings. The average Bonchev–Trinajstić information content (AvgIpc) is 3.27. The third kappa shape index (κ3) is 4.75. The molecule has 0 spiro atoms. The van der Waals surface area contributed by atoms with E-state index >= 15 is 4.39 Å². The Bertz CT molecular complexity index is 1490. The van der Waals surface area contributed by atoms with E-state index in [2.05, 4.69) is 15.2 Å². The third-order valence-electron chi connectivity index (χ3n) is 5.53. The summed E-state index contributed by atoms with van der Waals surface area (Å²) in [5.74, 6) is -2.00. The fraction of sp³-hybridized carbons (Fsp3) is 0.174. The minimum Gasteiger partial charge on any atom is -0.416 e. The van der Waals surface area contributed by atoms with Gasteiger partial charge >= 0.3 is 0 Å². The van der Waals surface area contributed by atoms with Crippen LogP contribution in [0.2, 0.25) is 5.02 Å². The van der Waals surface area contributed by atoms with Gasteiger partial charge in [0.2, 0.25) is 11.8 Å². The highest BCUT2D eigenvalue weighted by molar-refractivity contribution is 7.91. The maximum absolute atomic E-state index is 15.2. The summed E-state index contributed by atoms with van der Waals surface area (Å²) in [6.45, 7) is 0.533. The van der Waals surface area contributed by atoms with E-state index in [4.69, 9.17) is 21.8 Å². The molecule has 0 radical (unpaired) electrons. The van der Waals surface area contributed by atoms with E-state index in [1.54, 1.807) is 17.0 Å². The van der Waals surface area contributed by atoms with Crippen molar-refractivity contribution in [3.8, 4) is 22.9 Å². The van der Waals surface area contributed by atoms with Gasteiger partial charge in [0.25, 0.3) is 5.89 Å². The van der Waals surface area contributed by atoms with Gasteiger partial charge in [-0.05, 0) is 42.0 Å². The number of fused-ring (bicyclic) bond motifs is 1. The fourth-order valence-corrected chi connectivity index (χ4v) is 5.68. The Balaban J connectivity index is 1.59. The molecule has 0 bridgehead atoms. The van der Waals surface area contributed by atoms with Gasteiger partial charge < -0.3 is 15.1 Å². The van der Waals surface area contributed by atoms with Crippen LogP contribution < -0.4 is 10.6 Å². The van der Waals surface area contributed by atoms with Crippen LogP contribution in [0, 0.1) is 11.8 Å². The quantitative estimate of drug-likeness (QED) is 0.406. The smallest absolute Gasteiger partial charge is 0.251 e. The number of aromatic nitrogens is 3. The second-order valence-electron chi connectivity index (χ2n) is 8.13. The zero-order valence-electron chi connectivity index (χ0n) is 18.0. The number of nitrogens with zero attached hydrogens (tertiary/aromatic N) is 4. The molecular formula is C23H18ClF2N5O3S. The van der Waals surface area contributed by atoms with E-state index in [9.17, 15) is 12.8 Å². The summed E-state index contributed by atoms with van der Waals surface area (Å²) in [7, 11) is -3.86. The van der Waals surface area contributed by atoms with E-state index < -0.39 is 27.6 Å². The van der Waals surface area contributed by atoms with Gasteiger partial charge in [0.1, 0.15) is 5.82 Å². The summed E-state index contributed by atoms with van der Waals surface area (Å²) in [5, 5.41) is 8.36. The lowest BCUT2D eigenvalue weighted by molar-refractivity contribution is 0.565. The SMILES string of the molecule is N[C@@H]1CN(Cc2ccc(Cl)cc2)c2cc(-c3nnc(-c4ccc(F)nc4)o3)c(F)cc2S(=O)(=O)C1. The van der Waals surface area contributed by atoms with Crippen LogP contribution in [0.4, 0.5) is 14.5 Å². The van der Waals surface area contributed by atoms with Gasteiger partial charge in [0, 0.05) is 30.4 Å². The average molecular weight is 518 g/mol. The Morgan fingerprint density at radius 2 is 1.83 bits per heavy atom. The molecule has 2 N–H and O–H groups in total. The van der Waals surface area contributed by atoms with Gasteiger partial charge in [0.05, 0.1) is 27.5 Å². The number of halogens is 3. The number of anilines is 1. The lowest BCUT2D eigenvalue weighted by atomic mass is 10.1. The molecule has 2 aromatic heterocycles. The first-order valence-electron chi connectivity index (χ1n) is 10.5. The van der Waals surface area contributed by atoms with Gasteiger partial charge in [-0.15, -0.1) is 10.2 Å². The Kier molecular flexibility index (Phi) is 5.99. The minimum absolute atomic E-state index is 0.00880. The Morgan fingerprint density at radius 3 is 2.54 bits per heavy atom. The topological polar surface area (TPSA) is 115 Å². The number of benzene rings is 2. The summed E-state index contributed by atoms with van der Waals surface area (Å²) in [6.07, 6.45) is 1.21. The fourth-order valence-electron chi connectivity index (χ4n) is 3.92. The molecule has 0 aliphatic carbocycles. The molecule has 0 unspecified atom stereocenters. The van der Waals surface area contributed by atoms with Crippen LogP contribution >= 0.6 is 11.6 Å². The van der Waals surface area contributed by atoms with Crippen LogP contribution in [0.1, 0.15) is 5.56 Å². The third-order valence-corrected chi connectivity index (χ3v) is 7.65. The summed E-state index contributed by atoms with van der Waals surface area (Å²) in [5.41, 5.74) is 7.51. The monoisotopic (exact) mass is 517 g/mol. The minimum atomic E-state index is -3.86. The molecule has 3 heterocycles. The van der Waals surface area contributed by atoms with Crippen molar-refractivity contribution in [2.24, 2.45) is 5.73 Å². The molecular weight excluding hydrogens is 500 g/mol. The lowest BCUT2D eigenvalue weighted by Gasteiger charge is -2.26. The second kappa shape index (κ2) is 8.99. The molecule has 8 nitrogen and oxygen atoms in total. The van der Waals surface area contributed by atoms with Crippen LogP contribution in [-0.4, -0.2) is 41.9 Å². The molecule has 1 aliphatic rings. The van der Waals surface area contributed by atoms with Gasteiger partial charge in [0.15, 0.2) is 9.84 Å². The number of nitrogens with two attached hydrogens (primary N) is 1. The normalized spacial score (nSPS) is 17.1. The first-order valence-corrected chi connectivity index (χ1v) is 12.5. The van der Waals surface area contributed by atoms with E-state index in [1.807, 2.05) is 12.1 Å². The molecule has 0 saturated heterocycles. The number of hydrogen-bond donors (Lipinski definition) is 1. The Morgan fingerprint density at radius 1 is 1.09 bits per heavy atom. The number of sulfone groups is 1. The van der Waals surface area contributed by atoms with Crippen molar-refractivity contribution < 1.29 is 21.6 Å². The summed E-state index contributed by atoms with van der Waals surface area (Å²) in [6, 6.07) is 11.3. The van der Waals surface area contributed by atoms with Gasteiger partial charge in [-0.2, -0.15) is 4.39 Å². The van der Waals surface area contributed by atoms with Crippen molar-refractivity contribution in [2.45, 2.75) is 17.5 Å². The number of pyridine rings is 1. The zero-order chi connectivity index (χ0) is 24.7. The number of hydrogen-bond acceptors (Lipinski definition) is 8. The van der Waals surface area contributed by atoms with Crippen molar-refractivity contribution >= 4 is 27.1 Å². The van der Waals surface area contributed by atoms with E-state index in [0.29, 0.717) is 17.1 Å². The first kappa shape index (κ1) is 23.3. The predicted molar refractivity (Wildman–Crippen MR) is 125 cm³/mol. The molecule has 2 aromatic carbocycles. The van der Waals surface area contributed by atoms with Crippen molar-refractivity contribution in [3.63, 3.8) is 0 Å². The Hall–Kier alpha value is -3.41. The summed E-state index contributed by atoms with van der Waals surface area (Å²) in [4.78, 5) is 5.15. The maximum atomic E-state index is 15.2. The van der Waals surface area contributed by atoms with Crippen molar-refractivity contribution in [2.75, 3.05) is 17.2 Å². The lowest BCUT2D eigenvalue weighted by Crippen LogP contribution is -2.39. The van der Waals surface area contributed by atoms with Gasteiger partial charge in [-0.1, -0.05) is 23.7 Å². The standard InChI is InChI=1S/C23H18ClF2N5O3S/c24-15-4-1-13(2-5-15)10-31-11-16(27)12-35(32,33)20-8-18(25)17(7-19(20)31)23-30-29-22(34-23)14-3-6-21(26)28-9-14/h1-9,16H,10-12,27H2/t16-/m1/s1. The number of rotatable bonds is 4. The molecule has 0 amide bonds. The van der Waals surface area contributed by atoms with Crippen molar-refractivity contribution in [1.29, 1.82) is 0 Å². The van der Waals surface area contributed by atoms with E-state index in [1.165, 1.54) is 18.3 Å². The zero-order valence-corrected chi connectivity index (χ0v) is 19.6. The molecule has 1 aliphatic heterocycles. The maximum Gasteiger partial charge on any atom is 0.251 e. The van der Waals surface area contributed by atoms with Crippen LogP contribution in [0.5, 0.6) is 0 Å². The largest absolute Gasteiger partial charge is 0.416 e. The van der Waals surface area contributed by atoms with Gasteiger partial charge in [-0.25, -0.2) is 17.8 Å². The predicted octanol–water partition coefficient (Wildman–Crippen LogP) is 3.85. The summed E-state index contributed by atoms with van der Waals surface area (Å²) < 4.78 is 59.9. The second-order valence-corrected chi connectivity index (χ2v) is 10.6. The Labute approximate surface area is 204 Å². The molecule has 4 aromatic rings. The summed E-state index contributed by atoms with van der Waals surface area (Å²) >= 11 is 5.98. The highest BCUT2D eigenvalue weighted by atomic mass is 35.5. The highest BCUT2D eigenvalue weighted by Crippen LogP contribution is 2.37. The van der Waals surface area contributed by atoms with Crippen LogP contribution in [0.15, 0.2) is 64.0 Å². The molecule has 0 saturated carbocycles. The highest BCUT2D eigenvalue weighted by Gasteiger charge is 2.32. The molecule has 1 atom stereocenters. The van der Waals surface area contributed by atoms with Crippen LogP contribution in [0.3, 0.4) is 0 Å². The van der Waals surface area contributed by atoms with E-state index in [-0.39, 0.29) is 40.2 Å². The molecule has 35 heavy (non-hydrogen) atoms. The first-order chi connectivity index (χ1) is 16.7. The van der Waals surface area contributed by atoms with Crippen LogP contribution in [-0.2, 0) is 16.4 Å². The molecule has 5 rings (SSSR count). The van der Waals surface area contributed by atoms with Crippen LogP contribution in [0.25, 0.3) is 22.9 Å². The van der Waals surface area contributed by atoms with Crippen molar-refractivity contribution in [1.82, 2.24) is 15.2 Å². The molecule has 180 valence electrons.